The second kappa shape index (κ2) is 5.69. The molecule has 0 saturated heterocycles. The van der Waals surface area contributed by atoms with Crippen LogP contribution in [0.2, 0.25) is 0 Å². The van der Waals surface area contributed by atoms with E-state index in [2.05, 4.69) is 0 Å². The van der Waals surface area contributed by atoms with Gasteiger partial charge in [-0.25, -0.2) is 0 Å². The third-order valence-electron chi connectivity index (χ3n) is 2.46. The number of ether oxygens (including phenoxy) is 2. The van der Waals surface area contributed by atoms with Crippen molar-refractivity contribution < 1.29 is 14.6 Å². The van der Waals surface area contributed by atoms with E-state index >= 15 is 0 Å². The summed E-state index contributed by atoms with van der Waals surface area (Å²) in [4.78, 5) is 0. The molecule has 0 heterocycles. The van der Waals surface area contributed by atoms with Gasteiger partial charge in [-0.3, -0.25) is 0 Å². The Hall–Kier alpha value is -1.30. The predicted molar refractivity (Wildman–Crippen MR) is 61.5 cm³/mol. The third-order valence-corrected chi connectivity index (χ3v) is 2.46. The number of hydrogen-bond donors (Lipinski definition) is 3. The Balaban J connectivity index is 2.98. The van der Waals surface area contributed by atoms with Crippen LogP contribution < -0.4 is 20.9 Å². The number of rotatable bonds is 5. The molecular formula is C11H18N2O3. The summed E-state index contributed by atoms with van der Waals surface area (Å²) in [6.07, 6.45) is 0. The van der Waals surface area contributed by atoms with E-state index in [1.165, 1.54) is 0 Å². The van der Waals surface area contributed by atoms with Crippen LogP contribution in [0.25, 0.3) is 0 Å². The number of hydrogen-bond acceptors (Lipinski definition) is 5. The molecule has 0 saturated carbocycles. The van der Waals surface area contributed by atoms with Crippen LogP contribution in [0.15, 0.2) is 18.2 Å². The molecule has 90 valence electrons. The van der Waals surface area contributed by atoms with Crippen LogP contribution in [0.1, 0.15) is 11.6 Å². The molecule has 1 aromatic rings. The number of aliphatic hydroxyl groups excluding tert-OH is 1. The lowest BCUT2D eigenvalue weighted by atomic mass is 10.0. The number of benzene rings is 1. The molecule has 5 heteroatoms. The fourth-order valence-corrected chi connectivity index (χ4v) is 1.42. The van der Waals surface area contributed by atoms with Gasteiger partial charge in [0.25, 0.3) is 0 Å². The van der Waals surface area contributed by atoms with Crippen LogP contribution in [0.4, 0.5) is 0 Å². The highest BCUT2D eigenvalue weighted by atomic mass is 16.5. The molecule has 0 fully saturated rings. The number of methoxy groups -OCH3 is 2. The summed E-state index contributed by atoms with van der Waals surface area (Å²) >= 11 is 0. The highest BCUT2D eigenvalue weighted by molar-refractivity contribution is 5.44. The number of aliphatic hydroxyl groups is 1. The Kier molecular flexibility index (Phi) is 4.54. The molecule has 0 aliphatic heterocycles. The molecule has 1 aromatic carbocycles. The van der Waals surface area contributed by atoms with Gasteiger partial charge in [0.1, 0.15) is 0 Å². The summed E-state index contributed by atoms with van der Waals surface area (Å²) in [5.74, 6) is 1.23. The van der Waals surface area contributed by atoms with Gasteiger partial charge in [-0.2, -0.15) is 0 Å². The molecule has 0 amide bonds. The Morgan fingerprint density at radius 2 is 1.81 bits per heavy atom. The molecule has 2 unspecified atom stereocenters. The van der Waals surface area contributed by atoms with Gasteiger partial charge in [-0.1, -0.05) is 6.07 Å². The minimum Gasteiger partial charge on any atom is -0.493 e. The molecular weight excluding hydrogens is 208 g/mol. The van der Waals surface area contributed by atoms with Crippen LogP contribution in [-0.2, 0) is 0 Å². The van der Waals surface area contributed by atoms with Crippen LogP contribution >= 0.6 is 0 Å². The van der Waals surface area contributed by atoms with E-state index in [-0.39, 0.29) is 6.61 Å². The summed E-state index contributed by atoms with van der Waals surface area (Å²) in [5, 5.41) is 8.93. The van der Waals surface area contributed by atoms with Crippen molar-refractivity contribution in [2.75, 3.05) is 20.8 Å². The maximum atomic E-state index is 8.93. The molecule has 16 heavy (non-hydrogen) atoms. The normalized spacial score (nSPS) is 14.3. The molecule has 0 radical (unpaired) electrons. The summed E-state index contributed by atoms with van der Waals surface area (Å²) in [6, 6.07) is 4.42. The van der Waals surface area contributed by atoms with E-state index in [4.69, 9.17) is 26.0 Å². The van der Waals surface area contributed by atoms with Gasteiger partial charge in [0, 0.05) is 12.1 Å². The van der Waals surface area contributed by atoms with Crippen LogP contribution in [-0.4, -0.2) is 32.0 Å². The van der Waals surface area contributed by atoms with Gasteiger partial charge in [0.15, 0.2) is 11.5 Å². The van der Waals surface area contributed by atoms with Gasteiger partial charge in [-0.15, -0.1) is 0 Å². The van der Waals surface area contributed by atoms with E-state index in [1.54, 1.807) is 26.4 Å². The fraction of sp³-hybridized carbons (Fsp3) is 0.455. The first-order valence-corrected chi connectivity index (χ1v) is 4.98. The van der Waals surface area contributed by atoms with E-state index in [0.29, 0.717) is 11.5 Å². The van der Waals surface area contributed by atoms with E-state index < -0.39 is 12.1 Å². The molecule has 0 spiro atoms. The molecule has 5 N–H and O–H groups in total. The maximum absolute atomic E-state index is 8.93. The Bertz CT molecular complexity index is 344. The molecule has 2 atom stereocenters. The summed E-state index contributed by atoms with van der Waals surface area (Å²) < 4.78 is 10.3. The minimum absolute atomic E-state index is 0.157. The third kappa shape index (κ3) is 2.63. The first-order valence-electron chi connectivity index (χ1n) is 4.98. The Labute approximate surface area is 95.0 Å². The van der Waals surface area contributed by atoms with E-state index in [0.717, 1.165) is 5.56 Å². The van der Waals surface area contributed by atoms with Crippen LogP contribution in [0, 0.1) is 0 Å². The largest absolute Gasteiger partial charge is 0.493 e. The lowest BCUT2D eigenvalue weighted by Crippen LogP contribution is -2.37. The summed E-state index contributed by atoms with van der Waals surface area (Å²) in [5.41, 5.74) is 12.4. The zero-order valence-corrected chi connectivity index (χ0v) is 9.51. The van der Waals surface area contributed by atoms with Crippen LogP contribution in [0.3, 0.4) is 0 Å². The molecule has 1 rings (SSSR count). The SMILES string of the molecule is COc1ccc(C(N)C(N)CO)cc1OC. The molecule has 0 aromatic heterocycles. The van der Waals surface area contributed by atoms with E-state index in [9.17, 15) is 0 Å². The van der Waals surface area contributed by atoms with Crippen molar-refractivity contribution in [1.82, 2.24) is 0 Å². The van der Waals surface area contributed by atoms with Crippen molar-refractivity contribution in [2.45, 2.75) is 12.1 Å². The van der Waals surface area contributed by atoms with Crippen molar-refractivity contribution in [2.24, 2.45) is 11.5 Å². The van der Waals surface area contributed by atoms with E-state index in [1.807, 2.05) is 6.07 Å². The van der Waals surface area contributed by atoms with Crippen molar-refractivity contribution in [3.63, 3.8) is 0 Å². The summed E-state index contributed by atoms with van der Waals surface area (Å²) in [7, 11) is 3.12. The van der Waals surface area contributed by atoms with Gasteiger partial charge in [0.05, 0.1) is 20.8 Å². The molecule has 0 aliphatic carbocycles. The summed E-state index contributed by atoms with van der Waals surface area (Å²) in [6.45, 7) is -0.157. The highest BCUT2D eigenvalue weighted by Crippen LogP contribution is 2.29. The maximum Gasteiger partial charge on any atom is 0.161 e. The van der Waals surface area contributed by atoms with Crippen molar-refractivity contribution in [3.05, 3.63) is 23.8 Å². The smallest absolute Gasteiger partial charge is 0.161 e. The van der Waals surface area contributed by atoms with Crippen LogP contribution in [0.5, 0.6) is 11.5 Å². The van der Waals surface area contributed by atoms with Gasteiger partial charge < -0.3 is 26.0 Å². The highest BCUT2D eigenvalue weighted by Gasteiger charge is 2.16. The average molecular weight is 226 g/mol. The molecule has 0 bridgehead atoms. The zero-order chi connectivity index (χ0) is 12.1. The van der Waals surface area contributed by atoms with Crippen molar-refractivity contribution in [1.29, 1.82) is 0 Å². The second-order valence-electron chi connectivity index (χ2n) is 3.49. The topological polar surface area (TPSA) is 90.7 Å². The molecule has 0 aliphatic rings. The lowest BCUT2D eigenvalue weighted by Gasteiger charge is -2.19. The zero-order valence-electron chi connectivity index (χ0n) is 9.51. The monoisotopic (exact) mass is 226 g/mol. The van der Waals surface area contributed by atoms with Crippen molar-refractivity contribution >= 4 is 0 Å². The van der Waals surface area contributed by atoms with Gasteiger partial charge in [0.2, 0.25) is 0 Å². The average Bonchev–Trinajstić information content (AvgIpc) is 2.35. The van der Waals surface area contributed by atoms with Crippen molar-refractivity contribution in [3.8, 4) is 11.5 Å². The minimum atomic E-state index is -0.488. The lowest BCUT2D eigenvalue weighted by molar-refractivity contribution is 0.249. The molecule has 5 nitrogen and oxygen atoms in total. The first kappa shape index (κ1) is 12.8. The Morgan fingerprint density at radius 1 is 1.19 bits per heavy atom. The first-order chi connectivity index (χ1) is 7.63. The van der Waals surface area contributed by atoms with Gasteiger partial charge >= 0.3 is 0 Å². The fourth-order valence-electron chi connectivity index (χ4n) is 1.42. The number of nitrogens with two attached hydrogens (primary N) is 2. The second-order valence-corrected chi connectivity index (χ2v) is 3.49. The Morgan fingerprint density at radius 3 is 2.31 bits per heavy atom. The van der Waals surface area contributed by atoms with Gasteiger partial charge in [-0.05, 0) is 17.7 Å². The standard InChI is InChI=1S/C11H18N2O3/c1-15-9-4-3-7(5-10(9)16-2)11(13)8(12)6-14/h3-5,8,11,14H,6,12-13H2,1-2H3. The quantitative estimate of drug-likeness (QED) is 0.658. The predicted octanol–water partition coefficient (Wildman–Crippen LogP) is 0.0232.